The van der Waals surface area contributed by atoms with Gasteiger partial charge in [0, 0.05) is 0 Å². The summed E-state index contributed by atoms with van der Waals surface area (Å²) in [6, 6.07) is 0. The fraction of sp³-hybridized carbons (Fsp3) is 1.00. The van der Waals surface area contributed by atoms with E-state index in [4.69, 9.17) is 50.5 Å². The Bertz CT molecular complexity index is 278. The van der Waals surface area contributed by atoms with E-state index in [0.29, 0.717) is 0 Å². The average Bonchev–Trinajstić information content (AvgIpc) is 2.52. The van der Waals surface area contributed by atoms with Crippen molar-refractivity contribution >= 4 is 66.4 Å². The summed E-state index contributed by atoms with van der Waals surface area (Å²) in [6.07, 6.45) is 8.74. The maximum Gasteiger partial charge on any atom is 1.00 e. The molecule has 0 saturated carbocycles. The number of hydrogen-bond acceptors (Lipinski definition) is 4. The molecule has 0 aliphatic rings. The monoisotopic (exact) mass is 846 g/mol. The Labute approximate surface area is 312 Å². The largest absolute Gasteiger partial charge is 1.00 e. The summed E-state index contributed by atoms with van der Waals surface area (Å²) in [7, 11) is 0.275. The molecule has 0 radical (unpaired) electrons. The molecule has 0 aliphatic heterocycles. The molecule has 0 atom stereocenters. The predicted octanol–water partition coefficient (Wildman–Crippen LogP) is 9.84. The van der Waals surface area contributed by atoms with Crippen molar-refractivity contribution in [2.24, 2.45) is 0 Å². The van der Waals surface area contributed by atoms with E-state index in [1.165, 1.54) is 37.0 Å². The van der Waals surface area contributed by atoms with Crippen molar-refractivity contribution in [2.45, 2.75) is 144 Å². The normalized spacial score (nSPS) is 10.1. The van der Waals surface area contributed by atoms with Gasteiger partial charge in [-0.15, -0.1) is 0 Å². The van der Waals surface area contributed by atoms with Crippen LogP contribution in [0.3, 0.4) is 0 Å². The van der Waals surface area contributed by atoms with Crippen LogP contribution in [-0.4, -0.2) is 56.0 Å². The molecule has 0 aromatic rings. The zero-order chi connectivity index (χ0) is 29.4. The minimum absolute atomic E-state index is 0. The molecule has 0 amide bonds. The standard InChI is InChI=1S/2C6H15P.4C4H10S.4Cu/c2*1-4-7(5-2)6-3;4*1-4(2,3)5;;;;/h2*4-6H2,1-3H3;4*5H,1-3H3;;;;/q;;;;;;4*+1/p-2. The molecule has 0 saturated heterocycles. The Hall–Kier alpha value is 4.34. The van der Waals surface area contributed by atoms with E-state index in [9.17, 15) is 0 Å². The van der Waals surface area contributed by atoms with Crippen molar-refractivity contribution < 1.29 is 68.3 Å². The number of rotatable bonds is 6. The Morgan fingerprint density at radius 1 is 0.316 bits per heavy atom. The van der Waals surface area contributed by atoms with E-state index >= 15 is 0 Å². The van der Waals surface area contributed by atoms with Crippen LogP contribution in [0.25, 0.3) is 0 Å². The molecule has 256 valence electrons. The quantitative estimate of drug-likeness (QED) is 0.148. The molecule has 10 heteroatoms. The first-order chi connectivity index (χ1) is 14.7. The van der Waals surface area contributed by atoms with Crippen LogP contribution in [0.2, 0.25) is 0 Å². The first kappa shape index (κ1) is 69.2. The molecule has 0 rings (SSSR count). The van der Waals surface area contributed by atoms with Crippen LogP contribution in [0.1, 0.15) is 125 Å². The minimum Gasteiger partial charge on any atom is -0.787 e. The summed E-state index contributed by atoms with van der Waals surface area (Å²) in [5, 5.41) is 0. The van der Waals surface area contributed by atoms with Crippen molar-refractivity contribution in [3.8, 4) is 0 Å². The van der Waals surface area contributed by atoms with Gasteiger partial charge >= 0.3 is 68.3 Å². The number of hydrogen-bond donors (Lipinski definition) is 0. The molecule has 38 heavy (non-hydrogen) atoms. The maximum absolute atomic E-state index is 4.83. The van der Waals surface area contributed by atoms with Gasteiger partial charge in [-0.2, -0.15) is 19.0 Å². The van der Waals surface area contributed by atoms with Crippen LogP contribution >= 0.6 is 15.8 Å². The third kappa shape index (κ3) is 234. The molecular formula is C28H68Cu4P2S4+2. The van der Waals surface area contributed by atoms with E-state index in [1.807, 2.05) is 83.1 Å². The minimum atomic E-state index is 0. The van der Waals surface area contributed by atoms with Crippen LogP contribution in [0.15, 0.2) is 0 Å². The molecule has 0 spiro atoms. The van der Waals surface area contributed by atoms with Gasteiger partial charge < -0.3 is 50.5 Å². The van der Waals surface area contributed by atoms with E-state index < -0.39 is 0 Å². The molecule has 0 heterocycles. The third-order valence-electron chi connectivity index (χ3n) is 3.00. The molecular weight excluding hydrogens is 781 g/mol. The Morgan fingerprint density at radius 2 is 0.368 bits per heavy atom. The van der Waals surface area contributed by atoms with Gasteiger partial charge in [-0.3, -0.25) is 0 Å². The van der Waals surface area contributed by atoms with Crippen molar-refractivity contribution in [3.05, 3.63) is 0 Å². The summed E-state index contributed by atoms with van der Waals surface area (Å²) < 4.78 is 0.333. The SMILES string of the molecule is CC(C)(C)[S-].CC(C)(C)[S-].CC(C)(C)[S-].CC(C)(C)[S-].CC[PH+](CC)CC.CC[PH+](CC)CC.[Cu+].[Cu+].[Cu+].[Cu+]. The van der Waals surface area contributed by atoms with E-state index in [1.54, 1.807) is 0 Å². The first-order valence-electron chi connectivity index (χ1n) is 13.2. The van der Waals surface area contributed by atoms with Crippen LogP contribution in [0.5, 0.6) is 0 Å². The van der Waals surface area contributed by atoms with Crippen LogP contribution in [0.4, 0.5) is 0 Å². The Morgan fingerprint density at radius 3 is 0.368 bits per heavy atom. The fourth-order valence-electron chi connectivity index (χ4n) is 1.50. The smallest absolute Gasteiger partial charge is 0.787 e. The fourth-order valence-corrected chi connectivity index (χ4v) is 4.50. The van der Waals surface area contributed by atoms with Crippen molar-refractivity contribution in [2.75, 3.05) is 37.0 Å². The molecule has 0 fully saturated rings. The van der Waals surface area contributed by atoms with Gasteiger partial charge in [0.1, 0.15) is 0 Å². The molecule has 0 N–H and O–H groups in total. The van der Waals surface area contributed by atoms with E-state index in [0.717, 1.165) is 0 Å². The molecule has 0 aliphatic carbocycles. The molecule has 0 bridgehead atoms. The summed E-state index contributed by atoms with van der Waals surface area (Å²) in [5.41, 5.74) is 0. The summed E-state index contributed by atoms with van der Waals surface area (Å²) in [6.45, 7) is 37.9. The zero-order valence-corrected chi connectivity index (χ0v) is 37.1. The first-order valence-corrected chi connectivity index (χ1v) is 19.1. The van der Waals surface area contributed by atoms with Gasteiger partial charge in [-0.1, -0.05) is 83.1 Å². The second-order valence-electron chi connectivity index (χ2n) is 12.1. The summed E-state index contributed by atoms with van der Waals surface area (Å²) >= 11 is 19.3. The second kappa shape index (κ2) is 41.3. The second-order valence-corrected chi connectivity index (χ2v) is 24.2. The van der Waals surface area contributed by atoms with Gasteiger partial charge in [-0.25, -0.2) is 0 Å². The van der Waals surface area contributed by atoms with Crippen LogP contribution in [0, 0.1) is 0 Å². The topological polar surface area (TPSA) is 0 Å². The molecule has 0 aromatic carbocycles. The van der Waals surface area contributed by atoms with Gasteiger partial charge in [-0.05, 0) is 57.4 Å². The van der Waals surface area contributed by atoms with E-state index in [2.05, 4.69) is 41.5 Å². The third-order valence-corrected chi connectivity index (χ3v) is 9.00. The summed E-state index contributed by atoms with van der Waals surface area (Å²) in [4.78, 5) is 0. The summed E-state index contributed by atoms with van der Waals surface area (Å²) in [5.74, 6) is 0. The Kier molecular flexibility index (Phi) is 75.3. The van der Waals surface area contributed by atoms with Gasteiger partial charge in [0.05, 0.1) is 37.0 Å². The van der Waals surface area contributed by atoms with Crippen molar-refractivity contribution in [1.29, 1.82) is 0 Å². The van der Waals surface area contributed by atoms with Gasteiger partial charge in [0.15, 0.2) is 0 Å². The van der Waals surface area contributed by atoms with Gasteiger partial charge in [0.25, 0.3) is 0 Å². The predicted molar refractivity (Wildman–Crippen MR) is 188 cm³/mol. The van der Waals surface area contributed by atoms with Gasteiger partial charge in [0.2, 0.25) is 0 Å². The van der Waals surface area contributed by atoms with Crippen LogP contribution < -0.4 is 0 Å². The van der Waals surface area contributed by atoms with Crippen molar-refractivity contribution in [3.63, 3.8) is 0 Å². The van der Waals surface area contributed by atoms with E-state index in [-0.39, 0.29) is 103 Å². The maximum atomic E-state index is 4.83. The van der Waals surface area contributed by atoms with Crippen molar-refractivity contribution in [1.82, 2.24) is 0 Å². The zero-order valence-electron chi connectivity index (χ0n) is 28.1. The Balaban J connectivity index is -0.0000000305. The molecule has 0 unspecified atom stereocenters. The average molecular weight is 849 g/mol. The molecule has 0 aromatic heterocycles. The molecule has 0 nitrogen and oxygen atoms in total. The van der Waals surface area contributed by atoms with Crippen LogP contribution in [-0.2, 0) is 119 Å².